The van der Waals surface area contributed by atoms with Crippen LogP contribution in [0.1, 0.15) is 102 Å². The first-order valence-electron chi connectivity index (χ1n) is 24.7. The lowest BCUT2D eigenvalue weighted by Crippen LogP contribution is -2.56. The van der Waals surface area contributed by atoms with Crippen LogP contribution in [0.4, 0.5) is 9.59 Å². The first-order valence-corrected chi connectivity index (χ1v) is 24.7. The molecule has 4 N–H and O–H groups in total. The molecule has 368 valence electrons. The number of hydrogen-bond acceptors (Lipinski definition) is 10. The van der Waals surface area contributed by atoms with Crippen LogP contribution in [-0.2, 0) is 19.1 Å². The van der Waals surface area contributed by atoms with Gasteiger partial charge in [-0.05, 0) is 107 Å². The van der Waals surface area contributed by atoms with Crippen LogP contribution in [0.15, 0.2) is 65.3 Å². The van der Waals surface area contributed by atoms with E-state index in [1.807, 2.05) is 43.7 Å². The highest BCUT2D eigenvalue weighted by atomic mass is 16.5. The van der Waals surface area contributed by atoms with Crippen molar-refractivity contribution >= 4 is 42.0 Å². The van der Waals surface area contributed by atoms with Gasteiger partial charge >= 0.3 is 12.2 Å². The van der Waals surface area contributed by atoms with Crippen molar-refractivity contribution in [2.75, 3.05) is 34.4 Å². The minimum Gasteiger partial charge on any atom is -0.453 e. The van der Waals surface area contributed by atoms with Crippen LogP contribution in [0, 0.1) is 23.2 Å². The van der Waals surface area contributed by atoms with Crippen LogP contribution in [0.25, 0.3) is 34.5 Å². The van der Waals surface area contributed by atoms with E-state index in [9.17, 15) is 24.3 Å². The number of aromatic nitrogens is 2. The Hall–Kier alpha value is -5.96. The number of amides is 4. The molecule has 4 heterocycles. The molecule has 3 aliphatic heterocycles. The van der Waals surface area contributed by atoms with Gasteiger partial charge in [0.15, 0.2) is 0 Å². The fraction of sp³-hybridized carbons (Fsp3) is 0.547. The number of ether oxygens (including phenoxy) is 2. The second-order valence-electron chi connectivity index (χ2n) is 20.3. The molecule has 1 aromatic heterocycles. The van der Waals surface area contributed by atoms with E-state index in [0.717, 1.165) is 84.2 Å². The van der Waals surface area contributed by atoms with Gasteiger partial charge in [-0.3, -0.25) is 19.5 Å². The summed E-state index contributed by atoms with van der Waals surface area (Å²) in [6.45, 7) is 10.6. The van der Waals surface area contributed by atoms with Gasteiger partial charge in [-0.1, -0.05) is 89.2 Å². The van der Waals surface area contributed by atoms with Crippen molar-refractivity contribution in [3.63, 3.8) is 0 Å². The van der Waals surface area contributed by atoms with Crippen molar-refractivity contribution in [2.45, 2.75) is 128 Å². The zero-order chi connectivity index (χ0) is 48.2. The molecule has 2 bridgehead atoms. The number of carbonyl (C=O) groups is 4. The highest BCUT2D eigenvalue weighted by molar-refractivity contribution is 5.97. The molecule has 3 unspecified atom stereocenters. The van der Waals surface area contributed by atoms with E-state index in [4.69, 9.17) is 19.5 Å². The highest BCUT2D eigenvalue weighted by Gasteiger charge is 2.64. The molecule has 15 nitrogen and oxygen atoms in total. The number of methoxy groups -OCH3 is 2. The number of aliphatic imine (C=N–C) groups is 1. The van der Waals surface area contributed by atoms with E-state index in [-0.39, 0.29) is 76.1 Å². The molecule has 2 aromatic carbocycles. The summed E-state index contributed by atoms with van der Waals surface area (Å²) in [5.41, 5.74) is 5.22. The van der Waals surface area contributed by atoms with Gasteiger partial charge in [0.2, 0.25) is 11.8 Å². The van der Waals surface area contributed by atoms with Gasteiger partial charge in [-0.15, -0.1) is 0 Å². The lowest BCUT2D eigenvalue weighted by molar-refractivity contribution is -0.140. The van der Waals surface area contributed by atoms with Gasteiger partial charge < -0.3 is 40.0 Å². The number of amidine groups is 1. The maximum Gasteiger partial charge on any atom is 0.409 e. The van der Waals surface area contributed by atoms with E-state index in [0.29, 0.717) is 12.5 Å². The molecule has 10 rings (SSSR count). The summed E-state index contributed by atoms with van der Waals surface area (Å²) in [7, 11) is 4.26. The molecule has 0 radical (unpaired) electrons. The Morgan fingerprint density at radius 1 is 0.971 bits per heavy atom. The number of imidazole rings is 1. The predicted octanol–water partition coefficient (Wildman–Crippen LogP) is 6.42. The molecule has 4 aliphatic carbocycles. The van der Waals surface area contributed by atoms with Crippen LogP contribution in [0.3, 0.4) is 0 Å². The van der Waals surface area contributed by atoms with Gasteiger partial charge in [-0.2, -0.15) is 0 Å². The summed E-state index contributed by atoms with van der Waals surface area (Å²) < 4.78 is 9.79. The van der Waals surface area contributed by atoms with Crippen molar-refractivity contribution in [1.29, 1.82) is 0 Å². The molecular weight excluding hydrogens is 861 g/mol. The lowest BCUT2D eigenvalue weighted by Gasteiger charge is -2.39. The fourth-order valence-corrected chi connectivity index (χ4v) is 12.1. The third-order valence-electron chi connectivity index (χ3n) is 15.9. The first kappa shape index (κ1) is 47.1. The number of alkyl carbamates (subject to hydrolysis) is 1. The van der Waals surface area contributed by atoms with E-state index < -0.39 is 24.3 Å². The van der Waals surface area contributed by atoms with E-state index >= 15 is 0 Å². The normalized spacial score (nSPS) is 27.4. The van der Waals surface area contributed by atoms with Crippen molar-refractivity contribution in [1.82, 2.24) is 35.3 Å². The van der Waals surface area contributed by atoms with Gasteiger partial charge in [0, 0.05) is 36.9 Å². The predicted molar refractivity (Wildman–Crippen MR) is 267 cm³/mol. The van der Waals surface area contributed by atoms with E-state index in [1.54, 1.807) is 7.05 Å². The number of nitrogens with zero attached hydrogens (tertiary/aromatic N) is 5. The van der Waals surface area contributed by atoms with Crippen LogP contribution >= 0.6 is 0 Å². The third-order valence-corrected chi connectivity index (χ3v) is 15.9. The maximum atomic E-state index is 14.3. The second kappa shape index (κ2) is 18.5. The van der Waals surface area contributed by atoms with Gasteiger partial charge in [0.1, 0.15) is 23.7 Å². The van der Waals surface area contributed by atoms with Gasteiger partial charge in [0.25, 0.3) is 0 Å². The smallest absolute Gasteiger partial charge is 0.409 e. The number of allylic oxidation sites excluding steroid dienone is 1. The monoisotopic (exact) mass is 935 g/mol. The number of aromatic amines is 1. The number of aliphatic hydroxyl groups excluding tert-OH is 1. The summed E-state index contributed by atoms with van der Waals surface area (Å²) in [6.07, 6.45) is 14.2. The zero-order valence-corrected chi connectivity index (χ0v) is 40.8. The molecule has 4 amide bonds. The number of piperidine rings is 1. The Bertz CT molecular complexity index is 2650. The number of aliphatic hydroxyl groups is 1. The second-order valence-corrected chi connectivity index (χ2v) is 20.3. The Kier molecular flexibility index (Phi) is 12.8. The average molecular weight is 935 g/mol. The topological polar surface area (TPSA) is 182 Å². The number of likely N-dealkylation sites (tertiary alicyclic amines) is 2. The number of fused-ring (bicyclic) bond motifs is 4. The molecule has 3 saturated carbocycles. The third kappa shape index (κ3) is 8.38. The molecule has 7 aliphatic rings. The molecule has 1 spiro atoms. The number of benzene rings is 2. The van der Waals surface area contributed by atoms with Crippen molar-refractivity contribution in [2.24, 2.45) is 28.2 Å². The molecule has 9 atom stereocenters. The zero-order valence-electron chi connectivity index (χ0n) is 40.8. The van der Waals surface area contributed by atoms with Gasteiger partial charge in [-0.25, -0.2) is 14.6 Å². The Balaban J connectivity index is 0.00000163. The van der Waals surface area contributed by atoms with Crippen LogP contribution in [-0.4, -0.2) is 130 Å². The average Bonchev–Trinajstić information content (AvgIpc) is 3.82. The number of rotatable bonds is 12. The summed E-state index contributed by atoms with van der Waals surface area (Å²) >= 11 is 0. The Morgan fingerprint density at radius 2 is 1.71 bits per heavy atom. The lowest BCUT2D eigenvalue weighted by atomic mass is 9.92. The molecule has 5 fully saturated rings. The summed E-state index contributed by atoms with van der Waals surface area (Å²) in [5.74, 6) is 1.84. The Morgan fingerprint density at radius 3 is 2.40 bits per heavy atom. The molecule has 15 heteroatoms. The summed E-state index contributed by atoms with van der Waals surface area (Å²) in [4.78, 5) is 71.9. The molecule has 3 aromatic rings. The van der Waals surface area contributed by atoms with Gasteiger partial charge in [0.05, 0.1) is 49.8 Å². The first-order chi connectivity index (χ1) is 32.8. The minimum atomic E-state index is -0.895. The SMILES string of the molecule is CC.COC(=O)N[C@@H](CCO)C(=O)N1[C@H](c2ncc(-c3ccc(-c4ccc5c(c4)=CC=C(C46CC4N=C([C@@H]4CC7(CC7)CN4C(=O)[C@H](C(C)C)N(C)C(=O)OC)N6)CC=5)cc3)[nH]2)[C@H]2CC(C)[C@@H]1C2.[HH].[HH].[HH]. The number of likely N-dealkylation sites (N-methyl/N-ethyl adjacent to an activating group) is 1. The van der Waals surface area contributed by atoms with E-state index in [2.05, 4.69) is 83.2 Å². The van der Waals surface area contributed by atoms with Crippen LogP contribution < -0.4 is 21.1 Å². The Labute approximate surface area is 403 Å². The molecular formula is C53H74N8O7. The van der Waals surface area contributed by atoms with Crippen molar-refractivity contribution < 1.29 is 38.0 Å². The molecule has 2 saturated heterocycles. The largest absolute Gasteiger partial charge is 0.453 e. The number of nitrogens with one attached hydrogen (secondary N) is 3. The number of H-pyrrole nitrogens is 1. The number of hydrogen-bond donors (Lipinski definition) is 4. The van der Waals surface area contributed by atoms with Crippen molar-refractivity contribution in [3.8, 4) is 22.4 Å². The maximum absolute atomic E-state index is 14.3. The molecule has 68 heavy (non-hydrogen) atoms. The number of carbonyl (C=O) groups excluding carboxylic acids is 4. The van der Waals surface area contributed by atoms with Crippen LogP contribution in [0.5, 0.6) is 0 Å². The van der Waals surface area contributed by atoms with Crippen molar-refractivity contribution in [3.05, 3.63) is 76.6 Å². The highest BCUT2D eigenvalue weighted by Crippen LogP contribution is 2.57. The quantitative estimate of drug-likeness (QED) is 0.159. The standard InChI is InChI=1S/C51H62N8O7.C2H6.3H2/c1-28(2)42(57(4)49(64)66-6)47(62)58-27-50(18-19-50)24-40(58)44-55-41-25-51(41,56-44)36-15-13-31-9-12-33(22-34(31)14-16-36)30-7-10-32(11-8-30)38-26-52-45(53-38)43-35-21-29(3)39(23-35)59(43)46(61)37(17-20-60)54-48(63)65-5;1-2;;;/h7-14,16,22,26,28-29,35,37,39-43,60H,15,17-21,23-25,27H2,1-6H3,(H,52,53)(H,54,63)(H,55,56);1-2H3;3*1H/t29?,35-,37-,39-,40-,41?,42-,43-,51?;;;;/m0..../s1. The summed E-state index contributed by atoms with van der Waals surface area (Å²) in [5, 5.41) is 18.6. The summed E-state index contributed by atoms with van der Waals surface area (Å²) in [6, 6.07) is 13.3. The van der Waals surface area contributed by atoms with E-state index in [1.165, 1.54) is 29.9 Å². The fourth-order valence-electron chi connectivity index (χ4n) is 12.1. The minimum absolute atomic E-state index is 0. The van der Waals surface area contributed by atoms with Crippen LogP contribution in [0.2, 0.25) is 0 Å².